The molecular formula is C15H16ClNO2. The lowest BCUT2D eigenvalue weighted by molar-refractivity contribution is 0.311. The fourth-order valence-corrected chi connectivity index (χ4v) is 3.00. The molecule has 100 valence electrons. The number of fused-ring (bicyclic) bond motifs is 2. The minimum atomic E-state index is 0.598. The molecular weight excluding hydrogens is 262 g/mol. The van der Waals surface area contributed by atoms with Crippen molar-refractivity contribution in [2.45, 2.75) is 26.2 Å². The van der Waals surface area contributed by atoms with Gasteiger partial charge < -0.3 is 9.47 Å². The van der Waals surface area contributed by atoms with Crippen molar-refractivity contribution in [3.05, 3.63) is 28.4 Å². The van der Waals surface area contributed by atoms with Crippen molar-refractivity contribution >= 4 is 22.5 Å². The van der Waals surface area contributed by atoms with E-state index in [1.807, 2.05) is 19.1 Å². The van der Waals surface area contributed by atoms with Crippen LogP contribution in [0.25, 0.3) is 10.9 Å². The van der Waals surface area contributed by atoms with Crippen LogP contribution in [0.5, 0.6) is 11.5 Å². The fourth-order valence-electron chi connectivity index (χ4n) is 2.64. The summed E-state index contributed by atoms with van der Waals surface area (Å²) < 4.78 is 11.0. The van der Waals surface area contributed by atoms with Gasteiger partial charge in [-0.15, -0.1) is 0 Å². The summed E-state index contributed by atoms with van der Waals surface area (Å²) in [6.45, 7) is 2.55. The number of hydrogen-bond donors (Lipinski definition) is 0. The molecule has 0 saturated heterocycles. The smallest absolute Gasteiger partial charge is 0.163 e. The van der Waals surface area contributed by atoms with E-state index in [-0.39, 0.29) is 0 Å². The van der Waals surface area contributed by atoms with E-state index in [1.165, 1.54) is 5.56 Å². The Kier molecular flexibility index (Phi) is 3.23. The lowest BCUT2D eigenvalue weighted by Crippen LogP contribution is -1.98. The van der Waals surface area contributed by atoms with Gasteiger partial charge in [0.05, 0.1) is 24.3 Å². The highest BCUT2D eigenvalue weighted by molar-refractivity contribution is 6.36. The number of pyridine rings is 1. The first-order valence-corrected chi connectivity index (χ1v) is 6.94. The summed E-state index contributed by atoms with van der Waals surface area (Å²) in [5.74, 6) is 1.43. The summed E-state index contributed by atoms with van der Waals surface area (Å²) in [4.78, 5) is 4.71. The van der Waals surface area contributed by atoms with Crippen LogP contribution in [0.1, 0.15) is 24.6 Å². The van der Waals surface area contributed by atoms with Crippen molar-refractivity contribution < 1.29 is 9.47 Å². The Morgan fingerprint density at radius 1 is 1.26 bits per heavy atom. The van der Waals surface area contributed by atoms with Crippen LogP contribution in [-0.4, -0.2) is 18.7 Å². The number of rotatable bonds is 3. The van der Waals surface area contributed by atoms with Crippen molar-refractivity contribution in [1.82, 2.24) is 4.98 Å². The first kappa shape index (κ1) is 12.5. The predicted octanol–water partition coefficient (Wildman–Crippen LogP) is 3.78. The zero-order chi connectivity index (χ0) is 13.4. The molecule has 4 heteroatoms. The van der Waals surface area contributed by atoms with Gasteiger partial charge in [0.1, 0.15) is 0 Å². The summed E-state index contributed by atoms with van der Waals surface area (Å²) in [5.41, 5.74) is 3.21. The van der Waals surface area contributed by atoms with Gasteiger partial charge in [0, 0.05) is 17.1 Å². The maximum Gasteiger partial charge on any atom is 0.163 e. The quantitative estimate of drug-likeness (QED) is 0.855. The van der Waals surface area contributed by atoms with E-state index in [0.29, 0.717) is 12.4 Å². The van der Waals surface area contributed by atoms with E-state index in [4.69, 9.17) is 26.1 Å². The van der Waals surface area contributed by atoms with Gasteiger partial charge in [-0.2, -0.15) is 0 Å². The van der Waals surface area contributed by atoms with E-state index in [2.05, 4.69) is 0 Å². The Labute approximate surface area is 117 Å². The van der Waals surface area contributed by atoms with Crippen LogP contribution >= 0.6 is 11.6 Å². The van der Waals surface area contributed by atoms with Gasteiger partial charge in [0.2, 0.25) is 0 Å². The second-order valence-electron chi connectivity index (χ2n) is 4.66. The average molecular weight is 278 g/mol. The van der Waals surface area contributed by atoms with Gasteiger partial charge in [0.25, 0.3) is 0 Å². The average Bonchev–Trinajstić information content (AvgIpc) is 2.87. The molecule has 0 amide bonds. The highest BCUT2D eigenvalue weighted by Crippen LogP contribution is 2.38. The van der Waals surface area contributed by atoms with E-state index in [0.717, 1.165) is 46.6 Å². The maximum atomic E-state index is 6.51. The number of aromatic nitrogens is 1. The third-order valence-electron chi connectivity index (χ3n) is 3.53. The summed E-state index contributed by atoms with van der Waals surface area (Å²) in [6.07, 6.45) is 3.17. The number of methoxy groups -OCH3 is 1. The lowest BCUT2D eigenvalue weighted by atomic mass is 10.1. The van der Waals surface area contributed by atoms with Gasteiger partial charge in [-0.1, -0.05) is 11.6 Å². The largest absolute Gasteiger partial charge is 0.493 e. The second-order valence-corrected chi connectivity index (χ2v) is 5.04. The molecule has 3 rings (SSSR count). The Morgan fingerprint density at radius 3 is 2.84 bits per heavy atom. The Bertz CT molecular complexity index is 640. The van der Waals surface area contributed by atoms with Crippen molar-refractivity contribution in [2.75, 3.05) is 13.7 Å². The molecule has 1 heterocycles. The van der Waals surface area contributed by atoms with E-state index < -0.39 is 0 Å². The zero-order valence-electron chi connectivity index (χ0n) is 11.1. The highest BCUT2D eigenvalue weighted by Gasteiger charge is 2.20. The normalized spacial score (nSPS) is 13.6. The van der Waals surface area contributed by atoms with Crippen LogP contribution < -0.4 is 9.47 Å². The molecule has 1 aliphatic carbocycles. The third-order valence-corrected chi connectivity index (χ3v) is 3.96. The summed E-state index contributed by atoms with van der Waals surface area (Å²) in [7, 11) is 1.64. The van der Waals surface area contributed by atoms with Crippen LogP contribution in [0.2, 0.25) is 5.02 Å². The van der Waals surface area contributed by atoms with Crippen molar-refractivity contribution in [3.63, 3.8) is 0 Å². The maximum absolute atomic E-state index is 6.51. The number of nitrogens with zero attached hydrogens (tertiary/aromatic N) is 1. The standard InChI is InChI=1S/C15H16ClNO2/c1-3-19-14-8-12-10(7-13(14)18-2)15(16)9-5-4-6-11(9)17-12/h7-8H,3-6H2,1-2H3. The van der Waals surface area contributed by atoms with E-state index in [1.54, 1.807) is 7.11 Å². The molecule has 0 N–H and O–H groups in total. The first-order valence-electron chi connectivity index (χ1n) is 6.56. The SMILES string of the molecule is CCOc1cc2nc3c(c(Cl)c2cc1OC)CCC3. The molecule has 1 aromatic heterocycles. The van der Waals surface area contributed by atoms with Gasteiger partial charge in [-0.3, -0.25) is 4.98 Å². The molecule has 3 nitrogen and oxygen atoms in total. The number of halogens is 1. The molecule has 0 fully saturated rings. The summed E-state index contributed by atoms with van der Waals surface area (Å²) in [5, 5.41) is 1.77. The Balaban J connectivity index is 2.26. The van der Waals surface area contributed by atoms with Crippen LogP contribution in [-0.2, 0) is 12.8 Å². The minimum absolute atomic E-state index is 0.598. The molecule has 1 aliphatic rings. The molecule has 19 heavy (non-hydrogen) atoms. The van der Waals surface area contributed by atoms with Crippen molar-refractivity contribution in [3.8, 4) is 11.5 Å². The Morgan fingerprint density at radius 2 is 2.11 bits per heavy atom. The molecule has 0 saturated carbocycles. The van der Waals surface area contributed by atoms with Crippen LogP contribution in [0, 0.1) is 0 Å². The van der Waals surface area contributed by atoms with Crippen molar-refractivity contribution in [2.24, 2.45) is 0 Å². The molecule has 0 atom stereocenters. The molecule has 0 radical (unpaired) electrons. The monoisotopic (exact) mass is 277 g/mol. The molecule has 1 aromatic carbocycles. The van der Waals surface area contributed by atoms with Crippen LogP contribution in [0.15, 0.2) is 12.1 Å². The predicted molar refractivity (Wildman–Crippen MR) is 76.5 cm³/mol. The van der Waals surface area contributed by atoms with Crippen LogP contribution in [0.3, 0.4) is 0 Å². The fraction of sp³-hybridized carbons (Fsp3) is 0.400. The number of benzene rings is 1. The minimum Gasteiger partial charge on any atom is -0.493 e. The van der Waals surface area contributed by atoms with E-state index >= 15 is 0 Å². The topological polar surface area (TPSA) is 31.4 Å². The molecule has 0 unspecified atom stereocenters. The number of hydrogen-bond acceptors (Lipinski definition) is 3. The number of aryl methyl sites for hydroxylation is 1. The zero-order valence-corrected chi connectivity index (χ0v) is 11.9. The lowest BCUT2D eigenvalue weighted by Gasteiger charge is -2.12. The summed E-state index contributed by atoms with van der Waals surface area (Å²) in [6, 6.07) is 3.84. The first-order chi connectivity index (χ1) is 9.24. The van der Waals surface area contributed by atoms with E-state index in [9.17, 15) is 0 Å². The number of ether oxygens (including phenoxy) is 2. The van der Waals surface area contributed by atoms with Crippen LogP contribution in [0.4, 0.5) is 0 Å². The molecule has 2 aromatic rings. The second kappa shape index (κ2) is 4.89. The van der Waals surface area contributed by atoms with Gasteiger partial charge >= 0.3 is 0 Å². The summed E-state index contributed by atoms with van der Waals surface area (Å²) >= 11 is 6.51. The van der Waals surface area contributed by atoms with Crippen molar-refractivity contribution in [1.29, 1.82) is 0 Å². The molecule has 0 aliphatic heterocycles. The molecule has 0 bridgehead atoms. The van der Waals surface area contributed by atoms with Gasteiger partial charge in [0.15, 0.2) is 11.5 Å². The third kappa shape index (κ3) is 2.02. The highest BCUT2D eigenvalue weighted by atomic mass is 35.5. The Hall–Kier alpha value is -1.48. The van der Waals surface area contributed by atoms with Gasteiger partial charge in [-0.25, -0.2) is 0 Å². The van der Waals surface area contributed by atoms with Gasteiger partial charge in [-0.05, 0) is 37.8 Å². The molecule has 0 spiro atoms.